The second-order valence-electron chi connectivity index (χ2n) is 3.98. The summed E-state index contributed by atoms with van der Waals surface area (Å²) in [6.07, 6.45) is 1.81. The fourth-order valence-electron chi connectivity index (χ4n) is 1.79. The van der Waals surface area contributed by atoms with E-state index in [4.69, 9.17) is 0 Å². The van der Waals surface area contributed by atoms with E-state index < -0.39 is 0 Å². The number of hydrogen-bond acceptors (Lipinski definition) is 2. The molecule has 0 unspecified atom stereocenters. The van der Waals surface area contributed by atoms with Crippen LogP contribution >= 0.6 is 0 Å². The Balaban J connectivity index is 2.47. The Hall–Kier alpha value is -1.84. The Morgan fingerprint density at radius 3 is 2.88 bits per heavy atom. The molecule has 0 aliphatic carbocycles. The number of nitrogens with one attached hydrogen (secondary N) is 1. The highest BCUT2D eigenvalue weighted by Gasteiger charge is 2.07. The maximum Gasteiger partial charge on any atom is 0.217 e. The van der Waals surface area contributed by atoms with Crippen molar-refractivity contribution in [2.45, 2.75) is 27.3 Å². The van der Waals surface area contributed by atoms with Gasteiger partial charge >= 0.3 is 0 Å². The first-order valence-corrected chi connectivity index (χ1v) is 5.26. The molecule has 0 saturated carbocycles. The van der Waals surface area contributed by atoms with Gasteiger partial charge in [-0.2, -0.15) is 0 Å². The van der Waals surface area contributed by atoms with Crippen LogP contribution in [0, 0.1) is 13.8 Å². The minimum atomic E-state index is -0.0275. The van der Waals surface area contributed by atoms with Gasteiger partial charge < -0.3 is 5.32 Å². The van der Waals surface area contributed by atoms with Crippen LogP contribution in [0.5, 0.6) is 0 Å². The predicted octanol–water partition coefficient (Wildman–Crippen LogP) is 1.59. The number of carbonyl (C=O) groups is 1. The molecule has 4 heteroatoms. The summed E-state index contributed by atoms with van der Waals surface area (Å²) in [7, 11) is 0. The van der Waals surface area contributed by atoms with Crippen molar-refractivity contribution in [1.29, 1.82) is 0 Å². The average Bonchev–Trinajstić information content (AvgIpc) is 2.65. The molecule has 2 aromatic rings. The summed E-state index contributed by atoms with van der Waals surface area (Å²) in [6.45, 7) is 6.09. The fraction of sp³-hybridized carbons (Fsp3) is 0.333. The number of fused-ring (bicyclic) bond motifs is 1. The number of aryl methyl sites for hydroxylation is 2. The lowest BCUT2D eigenvalue weighted by atomic mass is 10.2. The molecule has 1 amide bonds. The van der Waals surface area contributed by atoms with Gasteiger partial charge in [0.05, 0.1) is 18.4 Å². The molecule has 0 spiro atoms. The largest absolute Gasteiger partial charge is 0.351 e. The highest BCUT2D eigenvalue weighted by Crippen LogP contribution is 2.14. The van der Waals surface area contributed by atoms with Gasteiger partial charge in [-0.3, -0.25) is 9.20 Å². The lowest BCUT2D eigenvalue weighted by Crippen LogP contribution is -2.20. The van der Waals surface area contributed by atoms with Crippen LogP contribution in [0.4, 0.5) is 0 Å². The summed E-state index contributed by atoms with van der Waals surface area (Å²) in [6, 6.07) is 4.11. The van der Waals surface area contributed by atoms with Crippen LogP contribution in [-0.4, -0.2) is 15.3 Å². The molecule has 4 nitrogen and oxygen atoms in total. The monoisotopic (exact) mass is 217 g/mol. The second-order valence-corrected chi connectivity index (χ2v) is 3.98. The maximum absolute atomic E-state index is 10.9. The van der Waals surface area contributed by atoms with E-state index in [2.05, 4.69) is 26.8 Å². The highest BCUT2D eigenvalue weighted by molar-refractivity contribution is 5.72. The molecule has 0 radical (unpaired) electrons. The Bertz CT molecular complexity index is 542. The van der Waals surface area contributed by atoms with Crippen molar-refractivity contribution < 1.29 is 4.79 Å². The number of rotatable bonds is 2. The number of imidazole rings is 1. The number of aromatic nitrogens is 2. The van der Waals surface area contributed by atoms with Gasteiger partial charge in [0.1, 0.15) is 5.65 Å². The van der Waals surface area contributed by atoms with Gasteiger partial charge in [0.25, 0.3) is 0 Å². The number of carbonyl (C=O) groups excluding carboxylic acids is 1. The van der Waals surface area contributed by atoms with E-state index in [1.54, 1.807) is 0 Å². The van der Waals surface area contributed by atoms with E-state index in [9.17, 15) is 4.79 Å². The third kappa shape index (κ3) is 1.78. The van der Waals surface area contributed by atoms with Crippen molar-refractivity contribution in [3.63, 3.8) is 0 Å². The summed E-state index contributed by atoms with van der Waals surface area (Å²) in [4.78, 5) is 15.3. The van der Waals surface area contributed by atoms with Crippen molar-refractivity contribution in [1.82, 2.24) is 14.7 Å². The number of amides is 1. The minimum Gasteiger partial charge on any atom is -0.351 e. The van der Waals surface area contributed by atoms with Crippen LogP contribution in [0.15, 0.2) is 18.3 Å². The Morgan fingerprint density at radius 1 is 1.44 bits per heavy atom. The fourth-order valence-corrected chi connectivity index (χ4v) is 1.79. The molecule has 2 aromatic heterocycles. The quantitative estimate of drug-likeness (QED) is 0.830. The molecule has 16 heavy (non-hydrogen) atoms. The molecule has 0 aromatic carbocycles. The third-order valence-electron chi connectivity index (χ3n) is 2.63. The molecule has 84 valence electrons. The third-order valence-corrected chi connectivity index (χ3v) is 2.63. The van der Waals surface area contributed by atoms with Gasteiger partial charge in [0, 0.05) is 12.6 Å². The summed E-state index contributed by atoms with van der Waals surface area (Å²) >= 11 is 0. The van der Waals surface area contributed by atoms with Gasteiger partial charge in [-0.25, -0.2) is 4.98 Å². The summed E-state index contributed by atoms with van der Waals surface area (Å²) < 4.78 is 2.07. The van der Waals surface area contributed by atoms with Crippen LogP contribution in [0.1, 0.15) is 23.9 Å². The zero-order valence-electron chi connectivity index (χ0n) is 9.74. The van der Waals surface area contributed by atoms with Gasteiger partial charge in [-0.1, -0.05) is 6.07 Å². The van der Waals surface area contributed by atoms with Crippen molar-refractivity contribution in [3.05, 3.63) is 35.3 Å². The molecule has 0 aliphatic rings. The molecular weight excluding hydrogens is 202 g/mol. The molecule has 1 N–H and O–H groups in total. The molecule has 0 bridgehead atoms. The molecule has 0 fully saturated rings. The zero-order chi connectivity index (χ0) is 11.7. The van der Waals surface area contributed by atoms with E-state index in [-0.39, 0.29) is 5.91 Å². The maximum atomic E-state index is 10.9. The Labute approximate surface area is 94.3 Å². The average molecular weight is 217 g/mol. The second kappa shape index (κ2) is 3.96. The normalized spacial score (nSPS) is 10.7. The van der Waals surface area contributed by atoms with Crippen LogP contribution in [0.3, 0.4) is 0 Å². The van der Waals surface area contributed by atoms with Crippen molar-refractivity contribution >= 4 is 11.6 Å². The van der Waals surface area contributed by atoms with Crippen LogP contribution < -0.4 is 5.32 Å². The van der Waals surface area contributed by atoms with E-state index in [1.165, 1.54) is 6.92 Å². The first-order valence-electron chi connectivity index (χ1n) is 5.26. The van der Waals surface area contributed by atoms with Gasteiger partial charge in [0.2, 0.25) is 5.91 Å². The van der Waals surface area contributed by atoms with E-state index in [0.717, 1.165) is 22.6 Å². The van der Waals surface area contributed by atoms with Crippen molar-refractivity contribution in [2.24, 2.45) is 0 Å². The molecular formula is C12H15N3O. The number of hydrogen-bond donors (Lipinski definition) is 1. The lowest BCUT2D eigenvalue weighted by molar-refractivity contribution is -0.119. The van der Waals surface area contributed by atoms with E-state index >= 15 is 0 Å². The Morgan fingerprint density at radius 2 is 2.19 bits per heavy atom. The summed E-state index contributed by atoms with van der Waals surface area (Å²) in [5, 5.41) is 2.79. The van der Waals surface area contributed by atoms with Crippen LogP contribution in [-0.2, 0) is 11.3 Å². The van der Waals surface area contributed by atoms with E-state index in [0.29, 0.717) is 6.54 Å². The smallest absolute Gasteiger partial charge is 0.217 e. The number of pyridine rings is 1. The number of nitrogens with zero attached hydrogens (tertiary/aromatic N) is 2. The van der Waals surface area contributed by atoms with Crippen molar-refractivity contribution in [2.75, 3.05) is 0 Å². The van der Waals surface area contributed by atoms with E-state index in [1.807, 2.05) is 20.0 Å². The van der Waals surface area contributed by atoms with Crippen LogP contribution in [0.25, 0.3) is 5.65 Å². The molecule has 0 saturated heterocycles. The topological polar surface area (TPSA) is 46.4 Å². The highest BCUT2D eigenvalue weighted by atomic mass is 16.1. The standard InChI is InChI=1S/C12H15N3O/c1-8-4-5-9(2)15-11(6-13-10(3)16)7-14-12(8)15/h4-5,7H,6H2,1-3H3,(H,13,16). The SMILES string of the molecule is CC(=O)NCc1cnc2c(C)ccc(C)n12. The molecule has 2 rings (SSSR count). The molecule has 2 heterocycles. The zero-order valence-corrected chi connectivity index (χ0v) is 9.74. The Kier molecular flexibility index (Phi) is 2.64. The van der Waals surface area contributed by atoms with Gasteiger partial charge in [-0.05, 0) is 25.5 Å². The minimum absolute atomic E-state index is 0.0275. The first kappa shape index (κ1) is 10.7. The van der Waals surface area contributed by atoms with Gasteiger partial charge in [-0.15, -0.1) is 0 Å². The van der Waals surface area contributed by atoms with Crippen molar-refractivity contribution in [3.8, 4) is 0 Å². The molecule has 0 aliphatic heterocycles. The van der Waals surface area contributed by atoms with Crippen LogP contribution in [0.2, 0.25) is 0 Å². The predicted molar refractivity (Wildman–Crippen MR) is 62.2 cm³/mol. The lowest BCUT2D eigenvalue weighted by Gasteiger charge is -2.07. The first-order chi connectivity index (χ1) is 7.59. The molecule has 0 atom stereocenters. The summed E-state index contributed by atoms with van der Waals surface area (Å²) in [5.74, 6) is -0.0275. The van der Waals surface area contributed by atoms with Gasteiger partial charge in [0.15, 0.2) is 0 Å². The summed E-state index contributed by atoms with van der Waals surface area (Å²) in [5.41, 5.74) is 4.23.